The molecule has 0 saturated carbocycles. The summed E-state index contributed by atoms with van der Waals surface area (Å²) in [6.45, 7) is 6.67. The maximum absolute atomic E-state index is 12.6. The van der Waals surface area contributed by atoms with Crippen LogP contribution in [0.15, 0.2) is 46.1 Å². The summed E-state index contributed by atoms with van der Waals surface area (Å²) in [7, 11) is 0. The van der Waals surface area contributed by atoms with Gasteiger partial charge in [-0.3, -0.25) is 19.1 Å². The largest absolute Gasteiger partial charge is 0.455 e. The SMILES string of the molecule is CC#C[C@]1(CC)O[C@@H](n2cc(C)c(=O)[nH]c2=O)C(OC(C)=O)[C@H]1OCc1ccccc1. The zero-order valence-corrected chi connectivity index (χ0v) is 18.0. The fourth-order valence-corrected chi connectivity index (χ4v) is 3.74. The van der Waals surface area contributed by atoms with Crippen molar-refractivity contribution in [3.8, 4) is 11.8 Å². The second-order valence-corrected chi connectivity index (χ2v) is 7.40. The van der Waals surface area contributed by atoms with Crippen molar-refractivity contribution in [2.45, 2.75) is 64.8 Å². The molecule has 0 radical (unpaired) electrons. The quantitative estimate of drug-likeness (QED) is 0.561. The van der Waals surface area contributed by atoms with Gasteiger partial charge in [0.1, 0.15) is 6.10 Å². The first-order valence-electron chi connectivity index (χ1n) is 10.1. The van der Waals surface area contributed by atoms with Crippen LogP contribution in [-0.2, 0) is 25.6 Å². The summed E-state index contributed by atoms with van der Waals surface area (Å²) in [6.07, 6.45) is -0.919. The van der Waals surface area contributed by atoms with Crippen molar-refractivity contribution in [2.75, 3.05) is 0 Å². The minimum Gasteiger partial charge on any atom is -0.455 e. The molecule has 1 aromatic carbocycles. The van der Waals surface area contributed by atoms with Gasteiger partial charge in [0, 0.05) is 18.7 Å². The van der Waals surface area contributed by atoms with Crippen LogP contribution in [0.25, 0.3) is 0 Å². The fourth-order valence-electron chi connectivity index (χ4n) is 3.74. The van der Waals surface area contributed by atoms with Gasteiger partial charge in [-0.05, 0) is 25.8 Å². The molecule has 1 fully saturated rings. The summed E-state index contributed by atoms with van der Waals surface area (Å²) in [6, 6.07) is 9.55. The number of benzene rings is 1. The van der Waals surface area contributed by atoms with Crippen LogP contribution in [0, 0.1) is 18.8 Å². The van der Waals surface area contributed by atoms with Crippen LogP contribution in [0.1, 0.15) is 44.5 Å². The Kier molecular flexibility index (Phi) is 6.78. The van der Waals surface area contributed by atoms with Crippen LogP contribution < -0.4 is 11.2 Å². The number of carbonyl (C=O) groups excluding carboxylic acids is 1. The van der Waals surface area contributed by atoms with Crippen molar-refractivity contribution in [2.24, 2.45) is 0 Å². The van der Waals surface area contributed by atoms with Crippen molar-refractivity contribution >= 4 is 5.97 Å². The van der Waals surface area contributed by atoms with E-state index in [9.17, 15) is 14.4 Å². The number of nitrogens with zero attached hydrogens (tertiary/aromatic N) is 1. The average Bonchev–Trinajstić information content (AvgIpc) is 3.03. The van der Waals surface area contributed by atoms with Gasteiger partial charge in [-0.1, -0.05) is 43.2 Å². The molecule has 4 atom stereocenters. The van der Waals surface area contributed by atoms with E-state index in [1.165, 1.54) is 17.7 Å². The van der Waals surface area contributed by atoms with Crippen LogP contribution in [0.4, 0.5) is 0 Å². The van der Waals surface area contributed by atoms with Crippen molar-refractivity contribution in [1.82, 2.24) is 9.55 Å². The number of aromatic nitrogens is 2. The molecule has 1 saturated heterocycles. The van der Waals surface area contributed by atoms with E-state index in [1.54, 1.807) is 13.8 Å². The topological polar surface area (TPSA) is 99.6 Å². The highest BCUT2D eigenvalue weighted by molar-refractivity contribution is 5.66. The molecule has 2 heterocycles. The maximum Gasteiger partial charge on any atom is 0.330 e. The number of aromatic amines is 1. The summed E-state index contributed by atoms with van der Waals surface area (Å²) in [5, 5.41) is 0. The molecule has 0 spiro atoms. The number of H-pyrrole nitrogens is 1. The highest BCUT2D eigenvalue weighted by Crippen LogP contribution is 2.42. The van der Waals surface area contributed by atoms with Crippen molar-refractivity contribution in [1.29, 1.82) is 0 Å². The van der Waals surface area contributed by atoms with Crippen molar-refractivity contribution in [3.05, 3.63) is 68.5 Å². The fraction of sp³-hybridized carbons (Fsp3) is 0.435. The smallest absolute Gasteiger partial charge is 0.330 e. The van der Waals surface area contributed by atoms with Gasteiger partial charge in [-0.15, -0.1) is 5.92 Å². The van der Waals surface area contributed by atoms with Gasteiger partial charge in [0.15, 0.2) is 17.9 Å². The first kappa shape index (κ1) is 22.5. The van der Waals surface area contributed by atoms with Gasteiger partial charge in [0.25, 0.3) is 5.56 Å². The Morgan fingerprint density at radius 1 is 1.29 bits per heavy atom. The highest BCUT2D eigenvalue weighted by atomic mass is 16.6. The molecule has 0 amide bonds. The minimum atomic E-state index is -1.11. The molecule has 2 aromatic rings. The third-order valence-electron chi connectivity index (χ3n) is 5.23. The summed E-state index contributed by atoms with van der Waals surface area (Å²) in [5.74, 6) is 5.39. The number of nitrogens with one attached hydrogen (secondary N) is 1. The first-order valence-corrected chi connectivity index (χ1v) is 10.1. The van der Waals surface area contributed by atoms with Crippen LogP contribution in [0.2, 0.25) is 0 Å². The Balaban J connectivity index is 2.08. The van der Waals surface area contributed by atoms with Crippen LogP contribution in [-0.4, -0.2) is 33.3 Å². The van der Waals surface area contributed by atoms with Gasteiger partial charge in [-0.25, -0.2) is 4.79 Å². The molecule has 1 aliphatic heterocycles. The third kappa shape index (κ3) is 4.63. The van der Waals surface area contributed by atoms with Gasteiger partial charge < -0.3 is 14.2 Å². The lowest BCUT2D eigenvalue weighted by Crippen LogP contribution is -2.45. The maximum atomic E-state index is 12.6. The molecule has 164 valence electrons. The van der Waals surface area contributed by atoms with E-state index in [0.717, 1.165) is 5.56 Å². The number of hydrogen-bond acceptors (Lipinski definition) is 6. The minimum absolute atomic E-state index is 0.242. The van der Waals surface area contributed by atoms with E-state index < -0.39 is 41.3 Å². The normalized spacial score (nSPS) is 25.0. The number of ether oxygens (including phenoxy) is 3. The molecule has 31 heavy (non-hydrogen) atoms. The van der Waals surface area contributed by atoms with Crippen molar-refractivity contribution in [3.63, 3.8) is 0 Å². The van der Waals surface area contributed by atoms with Gasteiger partial charge in [0.2, 0.25) is 0 Å². The zero-order valence-electron chi connectivity index (χ0n) is 18.0. The van der Waals surface area contributed by atoms with E-state index >= 15 is 0 Å². The average molecular weight is 426 g/mol. The lowest BCUT2D eigenvalue weighted by Gasteiger charge is -2.29. The second kappa shape index (κ2) is 9.33. The van der Waals surface area contributed by atoms with E-state index in [0.29, 0.717) is 12.0 Å². The molecule has 1 aliphatic rings. The predicted octanol–water partition coefficient (Wildman–Crippen LogP) is 2.06. The molecule has 1 N–H and O–H groups in total. The van der Waals surface area contributed by atoms with E-state index in [2.05, 4.69) is 16.8 Å². The summed E-state index contributed by atoms with van der Waals surface area (Å²) in [4.78, 5) is 38.6. The highest BCUT2D eigenvalue weighted by Gasteiger charge is 2.57. The molecular formula is C23H26N2O6. The zero-order chi connectivity index (χ0) is 22.6. The summed E-state index contributed by atoms with van der Waals surface area (Å²) >= 11 is 0. The Labute approximate surface area is 180 Å². The lowest BCUT2D eigenvalue weighted by molar-refractivity contribution is -0.158. The Morgan fingerprint density at radius 3 is 2.61 bits per heavy atom. The second-order valence-electron chi connectivity index (χ2n) is 7.40. The number of carbonyl (C=O) groups is 1. The van der Waals surface area contributed by atoms with E-state index in [-0.39, 0.29) is 6.61 Å². The molecule has 1 unspecified atom stereocenters. The van der Waals surface area contributed by atoms with Crippen LogP contribution in [0.5, 0.6) is 0 Å². The molecule has 8 nitrogen and oxygen atoms in total. The Morgan fingerprint density at radius 2 is 2.00 bits per heavy atom. The number of aryl methyl sites for hydroxylation is 1. The Hall–Kier alpha value is -3.15. The number of hydrogen-bond donors (Lipinski definition) is 1. The molecule has 8 heteroatoms. The third-order valence-corrected chi connectivity index (χ3v) is 5.23. The molecule has 0 aliphatic carbocycles. The summed E-state index contributed by atoms with van der Waals surface area (Å²) < 4.78 is 19.3. The number of rotatable bonds is 6. The lowest BCUT2D eigenvalue weighted by atomic mass is 9.92. The van der Waals surface area contributed by atoms with Gasteiger partial charge >= 0.3 is 11.7 Å². The van der Waals surface area contributed by atoms with E-state index in [1.807, 2.05) is 37.3 Å². The van der Waals surface area contributed by atoms with Crippen LogP contribution >= 0.6 is 0 Å². The van der Waals surface area contributed by atoms with Gasteiger partial charge in [-0.2, -0.15) is 0 Å². The Bertz CT molecular complexity index is 1110. The summed E-state index contributed by atoms with van der Waals surface area (Å²) in [5.41, 5.74) is -1.02. The monoisotopic (exact) mass is 426 g/mol. The standard InChI is InChI=1S/C23H26N2O6/c1-5-12-23(6-2)19(29-14-17-10-8-7-9-11-17)18(30-16(4)26)21(31-23)25-13-15(3)20(27)24-22(25)28/h7-11,13,18-19,21H,6,14H2,1-4H3,(H,24,27,28)/t18?,19-,21-,23+/m1/s1. The van der Waals surface area contributed by atoms with Gasteiger partial charge in [0.05, 0.1) is 6.61 Å². The molecular weight excluding hydrogens is 400 g/mol. The first-order chi connectivity index (χ1) is 14.8. The predicted molar refractivity (Wildman–Crippen MR) is 113 cm³/mol. The molecule has 1 aromatic heterocycles. The molecule has 3 rings (SSSR count). The van der Waals surface area contributed by atoms with E-state index in [4.69, 9.17) is 14.2 Å². The number of esters is 1. The molecule has 0 bridgehead atoms. The van der Waals surface area contributed by atoms with Crippen LogP contribution in [0.3, 0.4) is 0 Å². The van der Waals surface area contributed by atoms with Crippen molar-refractivity contribution < 1.29 is 19.0 Å².